The largest absolute Gasteiger partial charge is 0.308 e. The molecule has 0 spiro atoms. The smallest absolute Gasteiger partial charge is 0.226 e. The highest BCUT2D eigenvalue weighted by Gasteiger charge is 2.49. The number of hydrogen-bond donors (Lipinski definition) is 0. The first-order valence-corrected chi connectivity index (χ1v) is 12.6. The van der Waals surface area contributed by atoms with Gasteiger partial charge in [0.15, 0.2) is 11.6 Å². The van der Waals surface area contributed by atoms with E-state index in [1.807, 2.05) is 38.1 Å². The van der Waals surface area contributed by atoms with Gasteiger partial charge in [-0.3, -0.25) is 0 Å². The lowest BCUT2D eigenvalue weighted by atomic mass is 9.58. The second kappa shape index (κ2) is 8.91. The lowest BCUT2D eigenvalue weighted by Crippen LogP contribution is -2.46. The molecule has 2 aliphatic rings. The van der Waals surface area contributed by atoms with Crippen LogP contribution in [0.25, 0.3) is 38.4 Å². The van der Waals surface area contributed by atoms with Crippen molar-refractivity contribution in [1.82, 2.24) is 15.0 Å². The van der Waals surface area contributed by atoms with Gasteiger partial charge in [-0.05, 0) is 43.0 Å². The van der Waals surface area contributed by atoms with E-state index in [2.05, 4.69) is 9.83 Å². The molecule has 0 fully saturated rings. The van der Waals surface area contributed by atoms with Crippen LogP contribution in [-0.4, -0.2) is 20.7 Å². The van der Waals surface area contributed by atoms with Crippen molar-refractivity contribution in [2.24, 2.45) is 11.8 Å². The number of ketones is 1. The van der Waals surface area contributed by atoms with E-state index in [4.69, 9.17) is 16.5 Å². The minimum absolute atomic E-state index is 0.0696. The second-order valence-electron chi connectivity index (χ2n) is 10.2. The molecule has 0 bridgehead atoms. The van der Waals surface area contributed by atoms with Crippen molar-refractivity contribution in [3.63, 3.8) is 0 Å². The highest BCUT2D eigenvalue weighted by molar-refractivity contribution is 6.00. The normalized spacial score (nSPS) is 22.4. The maximum atomic E-state index is 15.2. The molecule has 7 heteroatoms. The van der Waals surface area contributed by atoms with Gasteiger partial charge in [-0.2, -0.15) is 0 Å². The minimum atomic E-state index is -0.751. The van der Waals surface area contributed by atoms with Gasteiger partial charge in [-0.15, -0.1) is 0 Å². The highest BCUT2D eigenvalue weighted by atomic mass is 19.1. The van der Waals surface area contributed by atoms with E-state index in [0.717, 1.165) is 10.9 Å². The van der Waals surface area contributed by atoms with Crippen molar-refractivity contribution >= 4 is 16.7 Å². The fraction of sp³-hybridized carbons (Fsp3) is 0.258. The number of para-hydroxylation sites is 1. The van der Waals surface area contributed by atoms with Gasteiger partial charge in [0.25, 0.3) is 0 Å². The summed E-state index contributed by atoms with van der Waals surface area (Å²) >= 11 is 0. The molecule has 0 N–H and O–H groups in total. The van der Waals surface area contributed by atoms with E-state index in [9.17, 15) is 9.18 Å². The van der Waals surface area contributed by atoms with Crippen LogP contribution < -0.4 is 0 Å². The molecule has 4 aromatic rings. The maximum Gasteiger partial charge on any atom is 0.226 e. The zero-order chi connectivity index (χ0) is 26.6. The van der Waals surface area contributed by atoms with Gasteiger partial charge < -0.3 is 4.79 Å². The molecule has 38 heavy (non-hydrogen) atoms. The van der Waals surface area contributed by atoms with E-state index in [-0.39, 0.29) is 29.0 Å². The van der Waals surface area contributed by atoms with Crippen LogP contribution in [0.4, 0.5) is 8.78 Å². The van der Waals surface area contributed by atoms with Gasteiger partial charge in [0.1, 0.15) is 12.5 Å². The minimum Gasteiger partial charge on any atom is -0.308 e. The molecule has 2 aromatic heterocycles. The van der Waals surface area contributed by atoms with E-state index in [0.29, 0.717) is 46.7 Å². The van der Waals surface area contributed by atoms with Crippen molar-refractivity contribution in [2.45, 2.75) is 38.8 Å². The van der Waals surface area contributed by atoms with Crippen LogP contribution in [0.3, 0.4) is 0 Å². The van der Waals surface area contributed by atoms with Gasteiger partial charge >= 0.3 is 0 Å². The molecule has 2 heterocycles. The van der Waals surface area contributed by atoms with Crippen molar-refractivity contribution < 1.29 is 13.6 Å². The molecule has 3 atom stereocenters. The molecular formula is C31H24F2N4O. The zero-order valence-corrected chi connectivity index (χ0v) is 21.0. The van der Waals surface area contributed by atoms with Gasteiger partial charge in [-0.1, -0.05) is 50.3 Å². The molecule has 188 valence electrons. The summed E-state index contributed by atoms with van der Waals surface area (Å²) in [6.45, 7) is 10.7. The van der Waals surface area contributed by atoms with Crippen LogP contribution in [-0.2, 0) is 23.3 Å². The average molecular weight is 507 g/mol. The Morgan fingerprint density at radius 3 is 2.61 bits per heavy atom. The Hall–Kier alpha value is -4.31. The topological polar surface area (TPSA) is 60.1 Å². The number of benzene rings is 2. The van der Waals surface area contributed by atoms with Crippen molar-refractivity contribution in [3.8, 4) is 22.6 Å². The summed E-state index contributed by atoms with van der Waals surface area (Å²) in [5.74, 6) is -0.640. The average Bonchev–Trinajstić information content (AvgIpc) is 2.94. The Kier molecular flexibility index (Phi) is 5.64. The molecule has 2 aromatic carbocycles. The number of carbonyl (C=O) groups excluding carboxylic acids is 1. The third-order valence-electron chi connectivity index (χ3n) is 8.10. The predicted octanol–water partition coefficient (Wildman–Crippen LogP) is 6.81. The Morgan fingerprint density at radius 2 is 1.84 bits per heavy atom. The lowest BCUT2D eigenvalue weighted by Gasteiger charge is -2.46. The van der Waals surface area contributed by atoms with Crippen LogP contribution in [0.5, 0.6) is 0 Å². The van der Waals surface area contributed by atoms with Crippen molar-refractivity contribution in [1.29, 1.82) is 0 Å². The molecular weight excluding hydrogens is 482 g/mol. The number of hydrogen-bond acceptors (Lipinski definition) is 4. The molecule has 2 aliphatic carbocycles. The molecule has 0 radical (unpaired) electrons. The summed E-state index contributed by atoms with van der Waals surface area (Å²) in [6.07, 6.45) is 3.00. The standard InChI is InChI=1S/C31H24F2N4O/c1-17-23-13-12-21-27(20-9-4-6-10-24(20)33)36-30(37-29(21)31(23,2)15-26(34-3)28(17)38)22-14-18(16-32)35-25-11-7-5-8-19(22)25/h4-11,14-15,17,23H,12-13,16H2,1-2H3/t17-,23-,31-/m1/s1. The first-order chi connectivity index (χ1) is 18.4. The van der Waals surface area contributed by atoms with Crippen LogP contribution in [0.1, 0.15) is 37.2 Å². The van der Waals surface area contributed by atoms with E-state index >= 15 is 4.39 Å². The van der Waals surface area contributed by atoms with E-state index < -0.39 is 17.9 Å². The molecule has 6 rings (SSSR count). The SMILES string of the molecule is [C-]#[N+]C1=C[C@@]2(C)c3nc(-c4cc(CF)nc5ccccc45)nc(-c4ccccc4F)c3CC[C@@H]2[C@@H](C)C1=O. The fourth-order valence-electron chi connectivity index (χ4n) is 6.23. The number of rotatable bonds is 3. The number of carbonyl (C=O) groups is 1. The monoisotopic (exact) mass is 506 g/mol. The summed E-state index contributed by atoms with van der Waals surface area (Å²) in [4.78, 5) is 30.8. The van der Waals surface area contributed by atoms with Gasteiger partial charge in [0.05, 0.1) is 29.2 Å². The van der Waals surface area contributed by atoms with Crippen molar-refractivity contribution in [2.75, 3.05) is 0 Å². The Morgan fingerprint density at radius 1 is 1.08 bits per heavy atom. The Balaban J connectivity index is 1.71. The molecule has 5 nitrogen and oxygen atoms in total. The third-order valence-corrected chi connectivity index (χ3v) is 8.10. The molecule has 0 saturated heterocycles. The van der Waals surface area contributed by atoms with Crippen LogP contribution in [0, 0.1) is 24.2 Å². The number of halogens is 2. The highest BCUT2D eigenvalue weighted by Crippen LogP contribution is 2.51. The van der Waals surface area contributed by atoms with Crippen LogP contribution in [0.15, 0.2) is 66.4 Å². The number of Topliss-reactive ketones (excluding diaryl/α,β-unsaturated/α-hetero) is 1. The molecule has 0 saturated carbocycles. The number of alkyl halides is 1. The predicted molar refractivity (Wildman–Crippen MR) is 141 cm³/mol. The first-order valence-electron chi connectivity index (χ1n) is 12.6. The number of aromatic nitrogens is 3. The summed E-state index contributed by atoms with van der Waals surface area (Å²) in [5.41, 5.74) is 3.16. The van der Waals surface area contributed by atoms with E-state index in [1.54, 1.807) is 30.3 Å². The molecule has 0 amide bonds. The first kappa shape index (κ1) is 24.1. The summed E-state index contributed by atoms with van der Waals surface area (Å²) < 4.78 is 29.0. The van der Waals surface area contributed by atoms with Crippen LogP contribution in [0.2, 0.25) is 0 Å². The number of allylic oxidation sites excluding steroid dienone is 2. The summed E-state index contributed by atoms with van der Waals surface area (Å²) in [7, 11) is 0. The van der Waals surface area contributed by atoms with Crippen molar-refractivity contribution in [3.05, 3.63) is 101 Å². The number of fused-ring (bicyclic) bond motifs is 4. The summed E-state index contributed by atoms with van der Waals surface area (Å²) in [5, 5.41) is 0.756. The Bertz CT molecular complexity index is 1710. The zero-order valence-electron chi connectivity index (χ0n) is 21.0. The second-order valence-corrected chi connectivity index (χ2v) is 10.2. The third kappa shape index (κ3) is 3.55. The molecule has 0 aliphatic heterocycles. The molecule has 0 unspecified atom stereocenters. The number of nitrogens with zero attached hydrogens (tertiary/aromatic N) is 4. The summed E-state index contributed by atoms with van der Waals surface area (Å²) in [6, 6.07) is 15.5. The van der Waals surface area contributed by atoms with Gasteiger partial charge in [-0.25, -0.2) is 28.6 Å². The quantitative estimate of drug-likeness (QED) is 0.287. The fourth-order valence-corrected chi connectivity index (χ4v) is 6.23. The lowest BCUT2D eigenvalue weighted by molar-refractivity contribution is -0.121. The Labute approximate surface area is 219 Å². The maximum absolute atomic E-state index is 15.2. The van der Waals surface area contributed by atoms with Gasteiger partial charge in [0, 0.05) is 33.4 Å². The van der Waals surface area contributed by atoms with E-state index in [1.165, 1.54) is 6.07 Å². The van der Waals surface area contributed by atoms with Gasteiger partial charge in [0.2, 0.25) is 5.70 Å². The number of pyridine rings is 1. The van der Waals surface area contributed by atoms with Crippen LogP contribution >= 0.6 is 0 Å².